The molecule has 5 nitrogen and oxygen atoms in total. The highest BCUT2D eigenvalue weighted by atomic mass is 35.5. The topological polar surface area (TPSA) is 66.5 Å². The Hall–Kier alpha value is -2.25. The van der Waals surface area contributed by atoms with E-state index in [1.54, 1.807) is 48.5 Å². The minimum Gasteiger partial charge on any atom is -0.323 e. The van der Waals surface area contributed by atoms with Crippen molar-refractivity contribution in [3.63, 3.8) is 0 Å². The molecule has 156 valence electrons. The van der Waals surface area contributed by atoms with Crippen LogP contribution in [0.1, 0.15) is 5.56 Å². The summed E-state index contributed by atoms with van der Waals surface area (Å²) in [7, 11) is -4.04. The minimum absolute atomic E-state index is 0.0571. The van der Waals surface area contributed by atoms with Crippen LogP contribution in [0, 0.1) is 6.92 Å². The van der Waals surface area contributed by atoms with Crippen LogP contribution in [0.4, 0.5) is 11.4 Å². The maximum absolute atomic E-state index is 13.3. The van der Waals surface area contributed by atoms with Gasteiger partial charge in [-0.1, -0.05) is 64.6 Å². The number of halogens is 3. The average molecular weight is 484 g/mol. The van der Waals surface area contributed by atoms with Crippen LogP contribution in [0.2, 0.25) is 15.1 Å². The summed E-state index contributed by atoms with van der Waals surface area (Å²) in [6.45, 7) is 1.37. The van der Waals surface area contributed by atoms with Gasteiger partial charge in [-0.05, 0) is 49.4 Å². The van der Waals surface area contributed by atoms with Crippen LogP contribution >= 0.6 is 34.8 Å². The fraction of sp³-hybridized carbons (Fsp3) is 0.0952. The second-order valence-corrected chi connectivity index (χ2v) is 9.54. The fourth-order valence-corrected chi connectivity index (χ4v) is 4.65. The number of carbonyl (C=O) groups is 1. The zero-order chi connectivity index (χ0) is 21.9. The molecule has 0 fully saturated rings. The molecule has 1 amide bonds. The lowest BCUT2D eigenvalue weighted by Crippen LogP contribution is -2.38. The lowest BCUT2D eigenvalue weighted by molar-refractivity contribution is -0.114. The highest BCUT2D eigenvalue weighted by Gasteiger charge is 2.27. The van der Waals surface area contributed by atoms with Crippen LogP contribution in [-0.2, 0) is 14.8 Å². The first-order valence-corrected chi connectivity index (χ1v) is 11.3. The molecular weight excluding hydrogens is 467 g/mol. The molecular formula is C21H17Cl3N2O3S. The van der Waals surface area contributed by atoms with Gasteiger partial charge in [0.05, 0.1) is 26.3 Å². The number of nitrogens with one attached hydrogen (secondary N) is 1. The Balaban J connectivity index is 1.97. The van der Waals surface area contributed by atoms with Crippen LogP contribution in [0.15, 0.2) is 71.6 Å². The van der Waals surface area contributed by atoms with Crippen molar-refractivity contribution in [3.05, 3.63) is 87.4 Å². The number of nitrogens with zero attached hydrogens (tertiary/aromatic N) is 1. The van der Waals surface area contributed by atoms with Crippen molar-refractivity contribution < 1.29 is 13.2 Å². The Kier molecular flexibility index (Phi) is 6.93. The first-order valence-electron chi connectivity index (χ1n) is 8.77. The van der Waals surface area contributed by atoms with Gasteiger partial charge in [-0.2, -0.15) is 0 Å². The van der Waals surface area contributed by atoms with Gasteiger partial charge >= 0.3 is 0 Å². The first-order chi connectivity index (χ1) is 14.2. The van der Waals surface area contributed by atoms with Crippen LogP contribution < -0.4 is 9.62 Å². The van der Waals surface area contributed by atoms with E-state index < -0.39 is 22.5 Å². The van der Waals surface area contributed by atoms with Gasteiger partial charge in [0.25, 0.3) is 10.0 Å². The Labute approximate surface area is 190 Å². The summed E-state index contributed by atoms with van der Waals surface area (Å²) >= 11 is 18.1. The van der Waals surface area contributed by atoms with Crippen molar-refractivity contribution in [1.82, 2.24) is 0 Å². The van der Waals surface area contributed by atoms with Crippen molar-refractivity contribution in [2.45, 2.75) is 11.8 Å². The Morgan fingerprint density at radius 2 is 1.63 bits per heavy atom. The van der Waals surface area contributed by atoms with Crippen LogP contribution in [0.3, 0.4) is 0 Å². The van der Waals surface area contributed by atoms with Crippen molar-refractivity contribution in [1.29, 1.82) is 0 Å². The zero-order valence-corrected chi connectivity index (χ0v) is 18.9. The van der Waals surface area contributed by atoms with Crippen LogP contribution in [-0.4, -0.2) is 20.9 Å². The van der Waals surface area contributed by atoms with E-state index in [1.807, 2.05) is 6.92 Å². The zero-order valence-electron chi connectivity index (χ0n) is 15.8. The molecule has 1 N–H and O–H groups in total. The monoisotopic (exact) mass is 482 g/mol. The van der Waals surface area contributed by atoms with Crippen LogP contribution in [0.5, 0.6) is 0 Å². The number of hydrogen-bond acceptors (Lipinski definition) is 3. The number of sulfonamides is 1. The lowest BCUT2D eigenvalue weighted by Gasteiger charge is -2.24. The van der Waals surface area contributed by atoms with Crippen molar-refractivity contribution in [3.8, 4) is 0 Å². The van der Waals surface area contributed by atoms with Gasteiger partial charge in [-0.3, -0.25) is 9.10 Å². The van der Waals surface area contributed by atoms with Crippen molar-refractivity contribution in [2.75, 3.05) is 16.2 Å². The van der Waals surface area contributed by atoms with E-state index in [4.69, 9.17) is 34.8 Å². The Morgan fingerprint density at radius 1 is 0.967 bits per heavy atom. The van der Waals surface area contributed by atoms with E-state index in [9.17, 15) is 13.2 Å². The molecule has 3 aromatic carbocycles. The Bertz CT molecular complexity index is 1180. The fourth-order valence-electron chi connectivity index (χ4n) is 2.70. The quantitative estimate of drug-likeness (QED) is 0.482. The highest BCUT2D eigenvalue weighted by Crippen LogP contribution is 2.30. The van der Waals surface area contributed by atoms with Gasteiger partial charge in [-0.25, -0.2) is 8.42 Å². The normalized spacial score (nSPS) is 11.2. The molecule has 0 saturated carbocycles. The molecule has 0 aromatic heterocycles. The van der Waals surface area contributed by atoms with Gasteiger partial charge < -0.3 is 5.32 Å². The first kappa shape index (κ1) is 22.4. The molecule has 0 bridgehead atoms. The van der Waals surface area contributed by atoms with Crippen molar-refractivity contribution >= 4 is 62.1 Å². The summed E-state index contributed by atoms with van der Waals surface area (Å²) in [6.07, 6.45) is 0. The van der Waals surface area contributed by atoms with Gasteiger partial charge in [0.2, 0.25) is 5.91 Å². The summed E-state index contributed by atoms with van der Waals surface area (Å²) < 4.78 is 27.6. The second kappa shape index (κ2) is 9.27. The molecule has 0 aliphatic heterocycles. The van der Waals surface area contributed by atoms with E-state index >= 15 is 0 Å². The molecule has 0 radical (unpaired) electrons. The van der Waals surface area contributed by atoms with E-state index in [1.165, 1.54) is 18.2 Å². The number of benzene rings is 3. The largest absolute Gasteiger partial charge is 0.323 e. The molecule has 0 saturated heterocycles. The lowest BCUT2D eigenvalue weighted by atomic mass is 10.2. The summed E-state index contributed by atoms with van der Waals surface area (Å²) in [5.41, 5.74) is 1.46. The summed E-state index contributed by atoms with van der Waals surface area (Å²) in [4.78, 5) is 12.8. The Morgan fingerprint density at radius 3 is 2.30 bits per heavy atom. The van der Waals surface area contributed by atoms with E-state index in [-0.39, 0.29) is 26.3 Å². The summed E-state index contributed by atoms with van der Waals surface area (Å²) in [5, 5.41) is 3.39. The molecule has 0 unspecified atom stereocenters. The predicted molar refractivity (Wildman–Crippen MR) is 122 cm³/mol. The molecule has 0 aliphatic rings. The van der Waals surface area contributed by atoms with Crippen LogP contribution in [0.25, 0.3) is 0 Å². The molecule has 30 heavy (non-hydrogen) atoms. The van der Waals surface area contributed by atoms with Gasteiger partial charge in [0.1, 0.15) is 6.54 Å². The molecule has 3 rings (SSSR count). The average Bonchev–Trinajstić information content (AvgIpc) is 2.70. The van der Waals surface area contributed by atoms with E-state index in [0.29, 0.717) is 5.02 Å². The maximum Gasteiger partial charge on any atom is 0.264 e. The number of anilines is 2. The number of amides is 1. The molecule has 0 heterocycles. The molecule has 0 atom stereocenters. The molecule has 3 aromatic rings. The maximum atomic E-state index is 13.3. The third-order valence-electron chi connectivity index (χ3n) is 4.22. The third kappa shape index (κ3) is 5.08. The molecule has 0 aliphatic carbocycles. The minimum atomic E-state index is -4.04. The number of aryl methyl sites for hydroxylation is 1. The molecule has 0 spiro atoms. The highest BCUT2D eigenvalue weighted by molar-refractivity contribution is 7.92. The standard InChI is InChI=1S/C21H17Cl3N2O3S/c1-14-8-10-17(11-9-14)30(28,29)26(16-5-2-4-15(22)12-16)13-20(27)25-19-7-3-6-18(23)21(19)24/h2-12H,13H2,1H3,(H,25,27). The second-order valence-electron chi connectivity index (χ2n) is 6.45. The van der Waals surface area contributed by atoms with Gasteiger partial charge in [-0.15, -0.1) is 0 Å². The smallest absolute Gasteiger partial charge is 0.264 e. The van der Waals surface area contributed by atoms with E-state index in [0.717, 1.165) is 9.87 Å². The van der Waals surface area contributed by atoms with E-state index in [2.05, 4.69) is 5.32 Å². The predicted octanol–water partition coefficient (Wildman–Crippen LogP) is 5.79. The van der Waals surface area contributed by atoms with Crippen molar-refractivity contribution in [2.24, 2.45) is 0 Å². The summed E-state index contributed by atoms with van der Waals surface area (Å²) in [5.74, 6) is -0.588. The third-order valence-corrected chi connectivity index (χ3v) is 7.06. The van der Waals surface area contributed by atoms with Gasteiger partial charge in [0, 0.05) is 5.02 Å². The number of carbonyl (C=O) groups excluding carboxylic acids is 1. The molecule has 9 heteroatoms. The van der Waals surface area contributed by atoms with Gasteiger partial charge in [0.15, 0.2) is 0 Å². The SMILES string of the molecule is Cc1ccc(S(=O)(=O)N(CC(=O)Nc2cccc(Cl)c2Cl)c2cccc(Cl)c2)cc1. The summed E-state index contributed by atoms with van der Waals surface area (Å²) in [6, 6.07) is 17.4. The number of hydrogen-bond donors (Lipinski definition) is 1. The number of rotatable bonds is 6.